The average molecular weight is 326 g/mol. The summed E-state index contributed by atoms with van der Waals surface area (Å²) in [4.78, 5) is 0. The first-order chi connectivity index (χ1) is 7.70. The zero-order valence-corrected chi connectivity index (χ0v) is 9.76. The highest BCUT2D eigenvalue weighted by Crippen LogP contribution is 2.56. The normalized spacial score (nSPS) is 14.6. The van der Waals surface area contributed by atoms with Crippen LogP contribution in [0.1, 0.15) is 0 Å². The molecule has 0 aliphatic rings. The molecule has 0 atom stereocenters. The summed E-state index contributed by atoms with van der Waals surface area (Å²) in [7, 11) is 0.658. The minimum atomic E-state index is -6.92. The van der Waals surface area contributed by atoms with Gasteiger partial charge in [-0.1, -0.05) is 0 Å². The summed E-state index contributed by atoms with van der Waals surface area (Å²) >= 11 is 2.49. The van der Waals surface area contributed by atoms with Crippen molar-refractivity contribution in [2.75, 3.05) is 7.11 Å². The van der Waals surface area contributed by atoms with Crippen LogP contribution in [0.4, 0.5) is 39.5 Å². The summed E-state index contributed by atoms with van der Waals surface area (Å²) in [5.41, 5.74) is 0. The molecule has 0 heterocycles. The summed E-state index contributed by atoms with van der Waals surface area (Å²) in [6, 6.07) is 0. The first-order valence-corrected chi connectivity index (χ1v) is 4.90. The number of rotatable bonds is 3. The fourth-order valence-corrected chi connectivity index (χ4v) is 1.43. The van der Waals surface area contributed by atoms with E-state index < -0.39 is 39.4 Å². The van der Waals surface area contributed by atoms with Gasteiger partial charge in [0.25, 0.3) is 0 Å². The Hall–Kier alpha value is -0.390. The highest BCUT2D eigenvalue weighted by Gasteiger charge is 2.82. The SMILES string of the molecule is COC(=S)SC(F)(F)C(F)(F)C(F)(F)C(F)(F)F. The summed E-state index contributed by atoms with van der Waals surface area (Å²) in [6.45, 7) is 0. The van der Waals surface area contributed by atoms with E-state index in [0.29, 0.717) is 7.11 Å². The van der Waals surface area contributed by atoms with Gasteiger partial charge in [-0.15, -0.1) is 0 Å². The zero-order valence-electron chi connectivity index (χ0n) is 8.13. The van der Waals surface area contributed by atoms with Gasteiger partial charge in [0.2, 0.25) is 4.38 Å². The Bertz CT molecular complexity index is 324. The van der Waals surface area contributed by atoms with Gasteiger partial charge in [0.05, 0.1) is 7.11 Å². The van der Waals surface area contributed by atoms with Crippen molar-refractivity contribution in [3.8, 4) is 0 Å². The van der Waals surface area contributed by atoms with E-state index >= 15 is 0 Å². The van der Waals surface area contributed by atoms with Gasteiger partial charge in [-0.25, -0.2) is 0 Å². The maximum Gasteiger partial charge on any atom is 0.460 e. The molecule has 0 unspecified atom stereocenters. The smallest absolute Gasteiger partial charge is 0.460 e. The Morgan fingerprint density at radius 3 is 1.56 bits per heavy atom. The third-order valence-electron chi connectivity index (χ3n) is 1.49. The number of alkyl halides is 9. The van der Waals surface area contributed by atoms with E-state index in [9.17, 15) is 39.5 Å². The van der Waals surface area contributed by atoms with Gasteiger partial charge >= 0.3 is 23.3 Å². The largest absolute Gasteiger partial charge is 0.482 e. The molecule has 0 aromatic rings. The third kappa shape index (κ3) is 2.95. The molecule has 18 heavy (non-hydrogen) atoms. The van der Waals surface area contributed by atoms with E-state index in [2.05, 4.69) is 17.0 Å². The lowest BCUT2D eigenvalue weighted by atomic mass is 10.1. The van der Waals surface area contributed by atoms with Crippen molar-refractivity contribution in [2.24, 2.45) is 0 Å². The predicted octanol–water partition coefficient (Wildman–Crippen LogP) is 4.08. The standard InChI is InChI=1S/C6H3F9OS2/c1-16-2(17)18-6(14,15)4(9,10)3(7,8)5(11,12)13/h1H3. The predicted molar refractivity (Wildman–Crippen MR) is 48.1 cm³/mol. The molecule has 0 bridgehead atoms. The number of thiocarbonyl (C=S) groups is 1. The van der Waals surface area contributed by atoms with E-state index in [1.807, 2.05) is 0 Å². The van der Waals surface area contributed by atoms with E-state index in [0.717, 1.165) is 0 Å². The van der Waals surface area contributed by atoms with Gasteiger partial charge in [-0.05, 0) is 12.2 Å². The number of methoxy groups -OCH3 is 1. The number of hydrogen-bond acceptors (Lipinski definition) is 3. The van der Waals surface area contributed by atoms with Crippen molar-refractivity contribution in [3.63, 3.8) is 0 Å². The van der Waals surface area contributed by atoms with Crippen molar-refractivity contribution in [1.29, 1.82) is 0 Å². The summed E-state index contributed by atoms with van der Waals surface area (Å²) in [5.74, 6) is -13.6. The molecule has 0 saturated carbocycles. The molecule has 108 valence electrons. The van der Waals surface area contributed by atoms with Crippen molar-refractivity contribution < 1.29 is 44.3 Å². The highest BCUT2D eigenvalue weighted by molar-refractivity contribution is 8.23. The number of ether oxygens (including phenoxy) is 1. The van der Waals surface area contributed by atoms with Gasteiger partial charge in [0, 0.05) is 11.8 Å². The highest BCUT2D eigenvalue weighted by atomic mass is 32.2. The molecule has 0 N–H and O–H groups in total. The molecule has 0 fully saturated rings. The molecule has 0 aliphatic carbocycles. The Morgan fingerprint density at radius 2 is 1.28 bits per heavy atom. The molecular formula is C6H3F9OS2. The van der Waals surface area contributed by atoms with Crippen molar-refractivity contribution in [3.05, 3.63) is 0 Å². The van der Waals surface area contributed by atoms with Crippen molar-refractivity contribution >= 4 is 28.4 Å². The Labute approximate surface area is 104 Å². The lowest BCUT2D eigenvalue weighted by Crippen LogP contribution is -2.59. The maximum absolute atomic E-state index is 12.7. The van der Waals surface area contributed by atoms with Gasteiger partial charge in [-0.3, -0.25) is 0 Å². The van der Waals surface area contributed by atoms with Crippen LogP contribution in [0.15, 0.2) is 0 Å². The van der Waals surface area contributed by atoms with Crippen LogP contribution in [-0.4, -0.2) is 34.8 Å². The molecule has 0 aromatic heterocycles. The summed E-state index contributed by atoms with van der Waals surface area (Å²) < 4.78 is 113. The molecule has 0 amide bonds. The van der Waals surface area contributed by atoms with Gasteiger partial charge in [0.1, 0.15) is 0 Å². The molecule has 0 saturated heterocycles. The molecule has 0 aromatic carbocycles. The second-order valence-corrected chi connectivity index (χ2v) is 4.44. The maximum atomic E-state index is 12.7. The fraction of sp³-hybridized carbons (Fsp3) is 0.833. The number of hydrogen-bond donors (Lipinski definition) is 0. The lowest BCUT2D eigenvalue weighted by Gasteiger charge is -2.32. The quantitative estimate of drug-likeness (QED) is 0.571. The first-order valence-electron chi connectivity index (χ1n) is 3.68. The molecule has 1 nitrogen and oxygen atoms in total. The topological polar surface area (TPSA) is 9.23 Å². The van der Waals surface area contributed by atoms with Crippen LogP contribution in [0, 0.1) is 0 Å². The van der Waals surface area contributed by atoms with Gasteiger partial charge < -0.3 is 4.74 Å². The van der Waals surface area contributed by atoms with Crippen LogP contribution in [0.25, 0.3) is 0 Å². The van der Waals surface area contributed by atoms with E-state index in [-0.39, 0.29) is 0 Å². The Kier molecular flexibility index (Phi) is 4.84. The summed E-state index contributed by atoms with van der Waals surface area (Å²) in [6.07, 6.45) is -6.84. The van der Waals surface area contributed by atoms with Crippen LogP contribution >= 0.6 is 24.0 Å². The number of thioether (sulfide) groups is 1. The lowest BCUT2D eigenvalue weighted by molar-refractivity contribution is -0.381. The molecule has 12 heteroatoms. The second kappa shape index (κ2) is 4.94. The van der Waals surface area contributed by atoms with E-state index in [4.69, 9.17) is 0 Å². The molecule has 0 radical (unpaired) electrons. The van der Waals surface area contributed by atoms with Crippen LogP contribution in [0.5, 0.6) is 0 Å². The van der Waals surface area contributed by atoms with E-state index in [1.54, 1.807) is 0 Å². The monoisotopic (exact) mass is 326 g/mol. The Balaban J connectivity index is 5.42. The third-order valence-corrected chi connectivity index (χ3v) is 2.76. The zero-order chi connectivity index (χ0) is 15.0. The Morgan fingerprint density at radius 1 is 0.889 bits per heavy atom. The average Bonchev–Trinajstić information content (AvgIpc) is 2.14. The van der Waals surface area contributed by atoms with Crippen LogP contribution in [-0.2, 0) is 4.74 Å². The van der Waals surface area contributed by atoms with Gasteiger partial charge in [0.15, 0.2) is 0 Å². The molecule has 0 aliphatic heterocycles. The minimum absolute atomic E-state index is 0.658. The second-order valence-electron chi connectivity index (χ2n) is 2.72. The van der Waals surface area contributed by atoms with E-state index in [1.165, 1.54) is 0 Å². The van der Waals surface area contributed by atoms with Crippen LogP contribution < -0.4 is 0 Å². The minimum Gasteiger partial charge on any atom is -0.482 e. The fourth-order valence-electron chi connectivity index (χ4n) is 0.571. The van der Waals surface area contributed by atoms with Crippen molar-refractivity contribution in [1.82, 2.24) is 0 Å². The number of halogens is 9. The molecular weight excluding hydrogens is 323 g/mol. The molecule has 0 rings (SSSR count). The molecule has 0 spiro atoms. The van der Waals surface area contributed by atoms with Crippen LogP contribution in [0.2, 0.25) is 0 Å². The van der Waals surface area contributed by atoms with Gasteiger partial charge in [-0.2, -0.15) is 39.5 Å². The van der Waals surface area contributed by atoms with Crippen LogP contribution in [0.3, 0.4) is 0 Å². The summed E-state index contributed by atoms with van der Waals surface area (Å²) in [5, 5.41) is -5.79. The first kappa shape index (κ1) is 17.6. The van der Waals surface area contributed by atoms with Crippen molar-refractivity contribution in [2.45, 2.75) is 23.3 Å².